The fourth-order valence-corrected chi connectivity index (χ4v) is 1.67. The maximum Gasteiger partial charge on any atom is 0.344 e. The minimum Gasteiger partial charge on any atom is -0.457 e. The fraction of sp³-hybridized carbons (Fsp3) is 0.200. The zero-order valence-electron chi connectivity index (χ0n) is 11.0. The molecule has 0 spiro atoms. The van der Waals surface area contributed by atoms with Gasteiger partial charge in [-0.3, -0.25) is 0 Å². The van der Waals surface area contributed by atoms with Gasteiger partial charge >= 0.3 is 5.97 Å². The molecule has 2 aromatic rings. The molecular weight excluding hydrogens is 242 g/mol. The molecular formula is C15H15NO3. The molecule has 1 aromatic carbocycles. The Morgan fingerprint density at radius 3 is 2.68 bits per heavy atom. The van der Waals surface area contributed by atoms with Crippen LogP contribution in [0.5, 0.6) is 0 Å². The summed E-state index contributed by atoms with van der Waals surface area (Å²) in [5, 5.41) is 3.94. The summed E-state index contributed by atoms with van der Waals surface area (Å²) in [6, 6.07) is 9.39. The van der Waals surface area contributed by atoms with Crippen molar-refractivity contribution >= 4 is 5.97 Å². The molecule has 0 radical (unpaired) electrons. The molecule has 0 amide bonds. The van der Waals surface area contributed by atoms with E-state index < -0.39 is 5.97 Å². The number of aryl methyl sites for hydroxylation is 1. The first kappa shape index (κ1) is 13.1. The van der Waals surface area contributed by atoms with Crippen LogP contribution in [0.25, 0.3) is 11.3 Å². The van der Waals surface area contributed by atoms with E-state index in [2.05, 4.69) is 11.7 Å². The van der Waals surface area contributed by atoms with Crippen LogP contribution in [0.15, 0.2) is 47.0 Å². The Balaban J connectivity index is 2.33. The van der Waals surface area contributed by atoms with Gasteiger partial charge in [-0.2, -0.15) is 0 Å². The fourth-order valence-electron chi connectivity index (χ4n) is 1.67. The lowest BCUT2D eigenvalue weighted by atomic mass is 10.1. The van der Waals surface area contributed by atoms with Crippen LogP contribution in [0.3, 0.4) is 0 Å². The molecule has 1 aromatic heterocycles. The Hall–Kier alpha value is -2.36. The molecule has 0 aliphatic carbocycles. The van der Waals surface area contributed by atoms with Gasteiger partial charge in [-0.15, -0.1) is 0 Å². The van der Waals surface area contributed by atoms with Gasteiger partial charge in [-0.05, 0) is 19.4 Å². The van der Waals surface area contributed by atoms with Crippen LogP contribution in [0, 0.1) is 6.92 Å². The highest BCUT2D eigenvalue weighted by atomic mass is 16.5. The number of ether oxygens (including phenoxy) is 1. The van der Waals surface area contributed by atoms with Gasteiger partial charge in [0.1, 0.15) is 23.6 Å². The van der Waals surface area contributed by atoms with Gasteiger partial charge in [-0.25, -0.2) is 4.79 Å². The second kappa shape index (κ2) is 5.52. The van der Waals surface area contributed by atoms with E-state index in [1.165, 1.54) is 0 Å². The third-order valence-corrected chi connectivity index (χ3v) is 2.56. The SMILES string of the molecule is C=C(C)COC(=O)c1c(-c2ccccc2)noc1C. The molecule has 0 bridgehead atoms. The molecule has 1 heterocycles. The lowest BCUT2D eigenvalue weighted by Gasteiger charge is -2.04. The van der Waals surface area contributed by atoms with Gasteiger partial charge in [0.2, 0.25) is 0 Å². The maximum absolute atomic E-state index is 12.1. The Labute approximate surface area is 111 Å². The highest BCUT2D eigenvalue weighted by Crippen LogP contribution is 2.25. The number of carbonyl (C=O) groups is 1. The topological polar surface area (TPSA) is 52.3 Å². The van der Waals surface area contributed by atoms with Crippen molar-refractivity contribution in [1.82, 2.24) is 5.16 Å². The standard InChI is InChI=1S/C15H15NO3/c1-10(2)9-18-15(17)13-11(3)19-16-14(13)12-7-5-4-6-8-12/h4-8H,1,9H2,2-3H3. The minimum absolute atomic E-state index is 0.192. The first-order chi connectivity index (χ1) is 9.09. The van der Waals surface area contributed by atoms with Crippen LogP contribution in [0.4, 0.5) is 0 Å². The zero-order chi connectivity index (χ0) is 13.8. The summed E-state index contributed by atoms with van der Waals surface area (Å²) in [5.74, 6) is 0.00571. The van der Waals surface area contributed by atoms with Gasteiger partial charge in [0, 0.05) is 5.56 Å². The van der Waals surface area contributed by atoms with Gasteiger partial charge in [-0.1, -0.05) is 42.1 Å². The molecule has 98 valence electrons. The quantitative estimate of drug-likeness (QED) is 0.622. The van der Waals surface area contributed by atoms with E-state index >= 15 is 0 Å². The molecule has 4 heteroatoms. The number of esters is 1. The molecule has 0 saturated heterocycles. The minimum atomic E-state index is -0.444. The summed E-state index contributed by atoms with van der Waals surface area (Å²) in [7, 11) is 0. The molecule has 2 rings (SSSR count). The lowest BCUT2D eigenvalue weighted by molar-refractivity contribution is 0.0539. The lowest BCUT2D eigenvalue weighted by Crippen LogP contribution is -2.08. The summed E-state index contributed by atoms with van der Waals surface area (Å²) < 4.78 is 10.3. The van der Waals surface area contributed by atoms with E-state index in [0.717, 1.165) is 11.1 Å². The molecule has 0 saturated carbocycles. The largest absolute Gasteiger partial charge is 0.457 e. The zero-order valence-corrected chi connectivity index (χ0v) is 11.0. The molecule has 19 heavy (non-hydrogen) atoms. The van der Waals surface area contributed by atoms with Gasteiger partial charge in [0.05, 0.1) is 0 Å². The van der Waals surface area contributed by atoms with Crippen molar-refractivity contribution in [2.24, 2.45) is 0 Å². The number of nitrogens with zero attached hydrogens (tertiary/aromatic N) is 1. The average molecular weight is 257 g/mol. The monoisotopic (exact) mass is 257 g/mol. The number of hydrogen-bond donors (Lipinski definition) is 0. The van der Waals surface area contributed by atoms with E-state index in [-0.39, 0.29) is 6.61 Å². The third kappa shape index (κ3) is 2.91. The summed E-state index contributed by atoms with van der Waals surface area (Å²) in [6.45, 7) is 7.38. The first-order valence-electron chi connectivity index (χ1n) is 5.93. The van der Waals surface area contributed by atoms with Crippen molar-refractivity contribution < 1.29 is 14.1 Å². The Kier molecular flexibility index (Phi) is 3.80. The van der Waals surface area contributed by atoms with Gasteiger partial charge in [0.25, 0.3) is 0 Å². The number of hydrogen-bond acceptors (Lipinski definition) is 4. The van der Waals surface area contributed by atoms with Crippen LogP contribution in [0.2, 0.25) is 0 Å². The normalized spacial score (nSPS) is 10.2. The number of aromatic nitrogens is 1. The Bertz CT molecular complexity index is 599. The molecule has 0 atom stereocenters. The molecule has 0 aliphatic heterocycles. The van der Waals surface area contributed by atoms with Gasteiger partial charge in [0.15, 0.2) is 0 Å². The average Bonchev–Trinajstić information content (AvgIpc) is 2.79. The van der Waals surface area contributed by atoms with Crippen LogP contribution in [0.1, 0.15) is 23.0 Å². The number of rotatable bonds is 4. The molecule has 0 N–H and O–H groups in total. The van der Waals surface area contributed by atoms with Crippen LogP contribution in [-0.4, -0.2) is 17.7 Å². The third-order valence-electron chi connectivity index (χ3n) is 2.56. The second-order valence-corrected chi connectivity index (χ2v) is 4.36. The number of benzene rings is 1. The Morgan fingerprint density at radius 2 is 2.05 bits per heavy atom. The predicted octanol–water partition coefficient (Wildman–Crippen LogP) is 3.38. The van der Waals surface area contributed by atoms with Crippen LogP contribution < -0.4 is 0 Å². The maximum atomic E-state index is 12.1. The highest BCUT2D eigenvalue weighted by Gasteiger charge is 2.22. The van der Waals surface area contributed by atoms with E-state index in [1.54, 1.807) is 13.8 Å². The summed E-state index contributed by atoms with van der Waals surface area (Å²) >= 11 is 0. The molecule has 4 nitrogen and oxygen atoms in total. The predicted molar refractivity (Wildman–Crippen MR) is 71.8 cm³/mol. The highest BCUT2D eigenvalue weighted by molar-refractivity contribution is 5.97. The van der Waals surface area contributed by atoms with Crippen molar-refractivity contribution in [3.05, 3.63) is 53.8 Å². The second-order valence-electron chi connectivity index (χ2n) is 4.36. The van der Waals surface area contributed by atoms with Crippen molar-refractivity contribution in [3.63, 3.8) is 0 Å². The molecule has 0 fully saturated rings. The smallest absolute Gasteiger partial charge is 0.344 e. The van der Waals surface area contributed by atoms with E-state index in [4.69, 9.17) is 9.26 Å². The van der Waals surface area contributed by atoms with Crippen LogP contribution in [-0.2, 0) is 4.74 Å². The van der Waals surface area contributed by atoms with E-state index in [9.17, 15) is 4.79 Å². The van der Waals surface area contributed by atoms with Crippen molar-refractivity contribution in [1.29, 1.82) is 0 Å². The number of carbonyl (C=O) groups excluding carboxylic acids is 1. The first-order valence-corrected chi connectivity index (χ1v) is 5.93. The van der Waals surface area contributed by atoms with Crippen molar-refractivity contribution in [3.8, 4) is 11.3 Å². The van der Waals surface area contributed by atoms with Crippen molar-refractivity contribution in [2.45, 2.75) is 13.8 Å². The Morgan fingerprint density at radius 1 is 1.37 bits per heavy atom. The summed E-state index contributed by atoms with van der Waals surface area (Å²) in [5.41, 5.74) is 2.47. The van der Waals surface area contributed by atoms with Crippen molar-refractivity contribution in [2.75, 3.05) is 6.61 Å². The molecule has 0 aliphatic rings. The van der Waals surface area contributed by atoms with E-state index in [1.807, 2.05) is 30.3 Å². The van der Waals surface area contributed by atoms with E-state index in [0.29, 0.717) is 17.0 Å². The van der Waals surface area contributed by atoms with Crippen LogP contribution >= 0.6 is 0 Å². The molecule has 0 unspecified atom stereocenters. The summed E-state index contributed by atoms with van der Waals surface area (Å²) in [4.78, 5) is 12.1. The van der Waals surface area contributed by atoms with Gasteiger partial charge < -0.3 is 9.26 Å². The summed E-state index contributed by atoms with van der Waals surface area (Å²) in [6.07, 6.45) is 0.